The number of fused-ring (bicyclic) bond motifs is 1. The molecule has 6 heteroatoms. The lowest BCUT2D eigenvalue weighted by atomic mass is 9.48. The number of benzene rings is 1. The van der Waals surface area contributed by atoms with Crippen molar-refractivity contribution in [1.82, 2.24) is 4.90 Å². The van der Waals surface area contributed by atoms with Crippen molar-refractivity contribution in [2.45, 2.75) is 54.6 Å². The first-order valence-electron chi connectivity index (χ1n) is 9.24. The van der Waals surface area contributed by atoms with Crippen LogP contribution in [0.1, 0.15) is 30.4 Å². The second kappa shape index (κ2) is 4.31. The Labute approximate surface area is 146 Å². The van der Waals surface area contributed by atoms with Gasteiger partial charge in [-0.2, -0.15) is 0 Å². The van der Waals surface area contributed by atoms with E-state index in [1.807, 2.05) is 6.07 Å². The number of likely N-dealkylation sites (N-methyl/N-ethyl adjacent to an activating group) is 1. The number of aromatic hydroxyl groups is 1. The van der Waals surface area contributed by atoms with Crippen molar-refractivity contribution in [2.24, 2.45) is 0 Å². The maximum absolute atomic E-state index is 12.0. The van der Waals surface area contributed by atoms with Gasteiger partial charge in [0.25, 0.3) is 0 Å². The Morgan fingerprint density at radius 1 is 1.16 bits per heavy atom. The van der Waals surface area contributed by atoms with Crippen LogP contribution in [-0.2, 0) is 21.3 Å². The van der Waals surface area contributed by atoms with Crippen LogP contribution >= 0.6 is 0 Å². The van der Waals surface area contributed by atoms with Gasteiger partial charge in [-0.05, 0) is 44.5 Å². The summed E-state index contributed by atoms with van der Waals surface area (Å²) in [4.78, 5) is 2.28. The Hall–Kier alpha value is -1.34. The highest BCUT2D eigenvalue weighted by Crippen LogP contribution is 2.67. The lowest BCUT2D eigenvalue weighted by Crippen LogP contribution is -2.79. The van der Waals surface area contributed by atoms with E-state index in [-0.39, 0.29) is 11.8 Å². The molecular formula is C19H23NO5. The normalized spacial score (nSPS) is 43.1. The summed E-state index contributed by atoms with van der Waals surface area (Å²) in [5, 5.41) is 22.5. The molecule has 0 amide bonds. The van der Waals surface area contributed by atoms with Crippen LogP contribution in [0.3, 0.4) is 0 Å². The molecule has 4 unspecified atom stereocenters. The van der Waals surface area contributed by atoms with Gasteiger partial charge in [0.15, 0.2) is 17.6 Å². The largest absolute Gasteiger partial charge is 0.504 e. The zero-order valence-electron chi connectivity index (χ0n) is 14.3. The minimum Gasteiger partial charge on any atom is -0.504 e. The molecule has 1 aromatic carbocycles. The van der Waals surface area contributed by atoms with Gasteiger partial charge in [0.2, 0.25) is 5.79 Å². The van der Waals surface area contributed by atoms with E-state index in [0.717, 1.165) is 24.9 Å². The van der Waals surface area contributed by atoms with Gasteiger partial charge in [-0.3, -0.25) is 0 Å². The molecule has 25 heavy (non-hydrogen) atoms. The quantitative estimate of drug-likeness (QED) is 0.729. The van der Waals surface area contributed by atoms with Gasteiger partial charge in [0.05, 0.1) is 24.2 Å². The van der Waals surface area contributed by atoms with Crippen molar-refractivity contribution < 1.29 is 24.4 Å². The van der Waals surface area contributed by atoms with Gasteiger partial charge in [-0.25, -0.2) is 0 Å². The maximum atomic E-state index is 12.0. The molecule has 2 bridgehead atoms. The van der Waals surface area contributed by atoms with Gasteiger partial charge in [-0.1, -0.05) is 6.07 Å². The van der Waals surface area contributed by atoms with Gasteiger partial charge in [0, 0.05) is 18.0 Å². The highest BCUT2D eigenvalue weighted by atomic mass is 16.8. The topological polar surface area (TPSA) is 71.4 Å². The molecule has 1 aromatic rings. The monoisotopic (exact) mass is 345 g/mol. The fourth-order valence-electron chi connectivity index (χ4n) is 6.48. The maximum Gasteiger partial charge on any atom is 0.207 e. The second-order valence-electron chi connectivity index (χ2n) is 8.30. The summed E-state index contributed by atoms with van der Waals surface area (Å²) in [7, 11) is 2.10. The van der Waals surface area contributed by atoms with E-state index in [9.17, 15) is 10.2 Å². The zero-order valence-corrected chi connectivity index (χ0v) is 14.3. The van der Waals surface area contributed by atoms with Crippen LogP contribution in [-0.4, -0.2) is 65.5 Å². The first kappa shape index (κ1) is 14.8. The third-order valence-corrected chi connectivity index (χ3v) is 7.51. The third kappa shape index (κ3) is 1.42. The molecule has 1 saturated carbocycles. The molecule has 2 saturated heterocycles. The molecule has 2 spiro atoms. The Morgan fingerprint density at radius 3 is 2.76 bits per heavy atom. The van der Waals surface area contributed by atoms with Crippen LogP contribution in [0.4, 0.5) is 0 Å². The first-order chi connectivity index (χ1) is 12.0. The number of rotatable bonds is 0. The molecule has 134 valence electrons. The number of phenols is 1. The number of piperidine rings is 1. The summed E-state index contributed by atoms with van der Waals surface area (Å²) in [6.07, 6.45) is 2.38. The van der Waals surface area contributed by atoms with Gasteiger partial charge < -0.3 is 29.3 Å². The van der Waals surface area contributed by atoms with E-state index >= 15 is 0 Å². The van der Waals surface area contributed by atoms with Crippen LogP contribution < -0.4 is 4.74 Å². The van der Waals surface area contributed by atoms with Crippen molar-refractivity contribution in [3.05, 3.63) is 23.3 Å². The summed E-state index contributed by atoms with van der Waals surface area (Å²) < 4.78 is 18.5. The third-order valence-electron chi connectivity index (χ3n) is 7.51. The average molecular weight is 345 g/mol. The molecule has 5 aliphatic rings. The lowest BCUT2D eigenvalue weighted by Gasteiger charge is -2.64. The van der Waals surface area contributed by atoms with E-state index in [1.54, 1.807) is 6.07 Å². The molecular weight excluding hydrogens is 322 g/mol. The Morgan fingerprint density at radius 2 is 1.96 bits per heavy atom. The fourth-order valence-corrected chi connectivity index (χ4v) is 6.48. The number of likely N-dealkylation sites (tertiary alicyclic amines) is 1. The number of hydrogen-bond donors (Lipinski definition) is 2. The highest BCUT2D eigenvalue weighted by Gasteiger charge is 2.77. The van der Waals surface area contributed by atoms with Gasteiger partial charge >= 0.3 is 0 Å². The Kier molecular flexibility index (Phi) is 2.55. The second-order valence-corrected chi connectivity index (χ2v) is 8.30. The van der Waals surface area contributed by atoms with Crippen molar-refractivity contribution in [1.29, 1.82) is 0 Å². The van der Waals surface area contributed by atoms with Crippen molar-refractivity contribution in [2.75, 3.05) is 26.8 Å². The number of hydrogen-bond acceptors (Lipinski definition) is 6. The van der Waals surface area contributed by atoms with E-state index in [2.05, 4.69) is 11.9 Å². The smallest absolute Gasteiger partial charge is 0.207 e. The van der Waals surface area contributed by atoms with E-state index in [4.69, 9.17) is 14.2 Å². The van der Waals surface area contributed by atoms with Crippen LogP contribution in [0.5, 0.6) is 11.5 Å². The Bertz CT molecular complexity index is 775. The van der Waals surface area contributed by atoms with Crippen molar-refractivity contribution >= 4 is 0 Å². The fraction of sp³-hybridized carbons (Fsp3) is 0.684. The summed E-state index contributed by atoms with van der Waals surface area (Å²) in [6, 6.07) is 3.75. The van der Waals surface area contributed by atoms with E-state index in [1.165, 1.54) is 5.56 Å². The van der Waals surface area contributed by atoms with E-state index in [0.29, 0.717) is 31.8 Å². The number of phenolic OH excluding ortho intramolecular Hbond substituents is 1. The Balaban J connectivity index is 1.67. The number of ether oxygens (including phenoxy) is 3. The molecule has 2 N–H and O–H groups in total. The standard InChI is InChI=1S/C19H23NO5/c1-20-7-6-17-14-11-2-3-12(21)15(14)25-16(17)19(23-8-9-24-19)5-4-18(17,22)13(20)10-11/h2-3,13,16,21-22H,4-10H2,1H3. The van der Waals surface area contributed by atoms with Gasteiger partial charge in [0.1, 0.15) is 0 Å². The van der Waals surface area contributed by atoms with Crippen molar-refractivity contribution in [3.8, 4) is 11.5 Å². The molecule has 2 aliphatic carbocycles. The van der Waals surface area contributed by atoms with Crippen LogP contribution in [0.25, 0.3) is 0 Å². The minimum atomic E-state index is -0.892. The average Bonchev–Trinajstić information content (AvgIpc) is 3.19. The molecule has 0 aromatic heterocycles. The first-order valence-corrected chi connectivity index (χ1v) is 9.24. The number of aliphatic hydroxyl groups is 1. The molecule has 3 heterocycles. The zero-order chi connectivity index (χ0) is 17.0. The summed E-state index contributed by atoms with van der Waals surface area (Å²) >= 11 is 0. The lowest BCUT2D eigenvalue weighted by molar-refractivity contribution is -0.295. The van der Waals surface area contributed by atoms with Crippen molar-refractivity contribution in [3.63, 3.8) is 0 Å². The van der Waals surface area contributed by atoms with E-state index < -0.39 is 22.9 Å². The molecule has 3 aliphatic heterocycles. The summed E-state index contributed by atoms with van der Waals surface area (Å²) in [5.74, 6) is -0.132. The number of nitrogens with zero attached hydrogens (tertiary/aromatic N) is 1. The molecule has 0 radical (unpaired) electrons. The summed E-state index contributed by atoms with van der Waals surface area (Å²) in [6.45, 7) is 1.98. The van der Waals surface area contributed by atoms with Crippen LogP contribution in [0.2, 0.25) is 0 Å². The highest BCUT2D eigenvalue weighted by molar-refractivity contribution is 5.62. The molecule has 6 nitrogen and oxygen atoms in total. The van der Waals surface area contributed by atoms with Crippen LogP contribution in [0.15, 0.2) is 12.1 Å². The molecule has 3 fully saturated rings. The molecule has 4 atom stereocenters. The predicted octanol–water partition coefficient (Wildman–Crippen LogP) is 0.919. The summed E-state index contributed by atoms with van der Waals surface area (Å²) in [5.41, 5.74) is 0.709. The molecule has 6 rings (SSSR count). The van der Waals surface area contributed by atoms with Crippen LogP contribution in [0, 0.1) is 0 Å². The van der Waals surface area contributed by atoms with Gasteiger partial charge in [-0.15, -0.1) is 0 Å². The minimum absolute atomic E-state index is 0.0501. The SMILES string of the molecule is CN1CCC23c4c5ccc(O)c4OC2C2(CCC3(O)C1C5)OCCO2. The predicted molar refractivity (Wildman–Crippen MR) is 87.8 cm³/mol.